The van der Waals surface area contributed by atoms with E-state index in [-0.39, 0.29) is 0 Å². The molecule has 4 nitrogen and oxygen atoms in total. The molecule has 0 bridgehead atoms. The molecule has 1 aliphatic rings. The van der Waals surface area contributed by atoms with E-state index in [2.05, 4.69) is 15.0 Å². The number of pyridine rings is 1. The molecular formula is C14H16N4. The van der Waals surface area contributed by atoms with Gasteiger partial charge in [0.2, 0.25) is 0 Å². The van der Waals surface area contributed by atoms with Gasteiger partial charge in [0.15, 0.2) is 5.82 Å². The Morgan fingerprint density at radius 2 is 2.00 bits per heavy atom. The van der Waals surface area contributed by atoms with Gasteiger partial charge in [-0.15, -0.1) is 0 Å². The summed E-state index contributed by atoms with van der Waals surface area (Å²) in [6, 6.07) is 5.76. The molecule has 1 saturated carbocycles. The molecule has 92 valence electrons. The number of nitrogens with zero attached hydrogens (tertiary/aromatic N) is 3. The molecule has 0 spiro atoms. The van der Waals surface area contributed by atoms with E-state index in [9.17, 15) is 0 Å². The summed E-state index contributed by atoms with van der Waals surface area (Å²) in [6.07, 6.45) is 8.51. The number of aromatic nitrogens is 3. The Morgan fingerprint density at radius 3 is 2.72 bits per heavy atom. The van der Waals surface area contributed by atoms with Gasteiger partial charge in [0, 0.05) is 35.6 Å². The number of nitrogen functional groups attached to an aromatic ring is 1. The quantitative estimate of drug-likeness (QED) is 0.876. The predicted molar refractivity (Wildman–Crippen MR) is 70.9 cm³/mol. The maximum Gasteiger partial charge on any atom is 0.163 e. The molecule has 2 N–H and O–H groups in total. The topological polar surface area (TPSA) is 64.7 Å². The summed E-state index contributed by atoms with van der Waals surface area (Å²) in [5.41, 5.74) is 7.90. The highest BCUT2D eigenvalue weighted by molar-refractivity contribution is 5.55. The summed E-state index contributed by atoms with van der Waals surface area (Å²) in [5.74, 6) is 1.78. The normalized spacial score (nSPS) is 16.0. The predicted octanol–water partition coefficient (Wildman–Crippen LogP) is 2.78. The van der Waals surface area contributed by atoms with Crippen LogP contribution in [0.2, 0.25) is 0 Å². The van der Waals surface area contributed by atoms with Crippen LogP contribution in [0.25, 0.3) is 11.4 Å². The second-order valence-electron chi connectivity index (χ2n) is 4.76. The van der Waals surface area contributed by atoms with Crippen molar-refractivity contribution >= 4 is 5.82 Å². The van der Waals surface area contributed by atoms with Crippen LogP contribution in [0.15, 0.2) is 30.6 Å². The third-order valence-electron chi connectivity index (χ3n) is 3.46. The summed E-state index contributed by atoms with van der Waals surface area (Å²) in [6.45, 7) is 0. The van der Waals surface area contributed by atoms with Crippen LogP contribution in [0, 0.1) is 0 Å². The first-order valence-corrected chi connectivity index (χ1v) is 6.38. The van der Waals surface area contributed by atoms with Gasteiger partial charge in [-0.25, -0.2) is 9.97 Å². The van der Waals surface area contributed by atoms with E-state index in [0.717, 1.165) is 11.3 Å². The summed E-state index contributed by atoms with van der Waals surface area (Å²) < 4.78 is 0. The molecule has 4 heteroatoms. The molecule has 0 unspecified atom stereocenters. The van der Waals surface area contributed by atoms with Crippen molar-refractivity contribution in [2.75, 3.05) is 5.73 Å². The summed E-state index contributed by atoms with van der Waals surface area (Å²) >= 11 is 0. The molecule has 0 saturated heterocycles. The summed E-state index contributed by atoms with van der Waals surface area (Å²) in [4.78, 5) is 13.1. The Kier molecular flexibility index (Phi) is 2.92. The van der Waals surface area contributed by atoms with Crippen molar-refractivity contribution in [1.29, 1.82) is 0 Å². The second kappa shape index (κ2) is 4.72. The zero-order valence-electron chi connectivity index (χ0n) is 10.2. The Balaban J connectivity index is 2.00. The molecule has 3 rings (SSSR count). The number of hydrogen-bond donors (Lipinski definition) is 1. The van der Waals surface area contributed by atoms with E-state index in [1.165, 1.54) is 25.7 Å². The first kappa shape index (κ1) is 11.1. The van der Waals surface area contributed by atoms with Crippen LogP contribution in [0.5, 0.6) is 0 Å². The van der Waals surface area contributed by atoms with E-state index in [1.54, 1.807) is 12.4 Å². The average Bonchev–Trinajstić information content (AvgIpc) is 2.93. The van der Waals surface area contributed by atoms with Crippen molar-refractivity contribution in [3.63, 3.8) is 0 Å². The van der Waals surface area contributed by atoms with Crippen molar-refractivity contribution in [2.24, 2.45) is 0 Å². The third-order valence-corrected chi connectivity index (χ3v) is 3.46. The molecule has 0 aliphatic heterocycles. The lowest BCUT2D eigenvalue weighted by Gasteiger charge is -2.10. The van der Waals surface area contributed by atoms with Crippen LogP contribution in [0.1, 0.15) is 37.3 Å². The van der Waals surface area contributed by atoms with E-state index in [1.807, 2.05) is 18.2 Å². The minimum absolute atomic E-state index is 0.547. The van der Waals surface area contributed by atoms with Gasteiger partial charge in [0.25, 0.3) is 0 Å². The number of nitrogens with two attached hydrogens (primary N) is 1. The number of hydrogen-bond acceptors (Lipinski definition) is 4. The smallest absolute Gasteiger partial charge is 0.163 e. The van der Waals surface area contributed by atoms with Crippen LogP contribution in [-0.2, 0) is 0 Å². The lowest BCUT2D eigenvalue weighted by Crippen LogP contribution is -2.03. The highest BCUT2D eigenvalue weighted by atomic mass is 15.0. The van der Waals surface area contributed by atoms with Crippen molar-refractivity contribution in [1.82, 2.24) is 15.0 Å². The molecule has 2 aromatic heterocycles. The second-order valence-corrected chi connectivity index (χ2v) is 4.76. The maximum absolute atomic E-state index is 5.89. The SMILES string of the molecule is Nc1cc(C2CCCC2)nc(-c2cccnc2)n1. The van der Waals surface area contributed by atoms with Gasteiger partial charge in [0.05, 0.1) is 0 Å². The van der Waals surface area contributed by atoms with Crippen LogP contribution in [-0.4, -0.2) is 15.0 Å². The molecular weight excluding hydrogens is 224 g/mol. The minimum Gasteiger partial charge on any atom is -0.384 e. The zero-order chi connectivity index (χ0) is 12.4. The highest BCUT2D eigenvalue weighted by Crippen LogP contribution is 2.34. The fraction of sp³-hybridized carbons (Fsp3) is 0.357. The Labute approximate surface area is 106 Å². The first-order chi connectivity index (χ1) is 8.83. The zero-order valence-corrected chi connectivity index (χ0v) is 10.2. The summed E-state index contributed by atoms with van der Waals surface area (Å²) in [7, 11) is 0. The first-order valence-electron chi connectivity index (χ1n) is 6.38. The van der Waals surface area contributed by atoms with Gasteiger partial charge < -0.3 is 5.73 Å². The van der Waals surface area contributed by atoms with Crippen molar-refractivity contribution in [3.8, 4) is 11.4 Å². The van der Waals surface area contributed by atoms with Crippen molar-refractivity contribution in [2.45, 2.75) is 31.6 Å². The largest absolute Gasteiger partial charge is 0.384 e. The van der Waals surface area contributed by atoms with Gasteiger partial charge in [-0.05, 0) is 25.0 Å². The number of rotatable bonds is 2. The van der Waals surface area contributed by atoms with Crippen molar-refractivity contribution < 1.29 is 0 Å². The molecule has 18 heavy (non-hydrogen) atoms. The van der Waals surface area contributed by atoms with Crippen LogP contribution < -0.4 is 5.73 Å². The van der Waals surface area contributed by atoms with Gasteiger partial charge in [-0.1, -0.05) is 12.8 Å². The van der Waals surface area contributed by atoms with Crippen LogP contribution in [0.3, 0.4) is 0 Å². The number of anilines is 1. The van der Waals surface area contributed by atoms with Gasteiger partial charge in [-0.2, -0.15) is 0 Å². The fourth-order valence-electron chi connectivity index (χ4n) is 2.54. The van der Waals surface area contributed by atoms with Crippen LogP contribution >= 0.6 is 0 Å². The molecule has 1 aliphatic carbocycles. The molecule has 1 fully saturated rings. The van der Waals surface area contributed by atoms with Crippen LogP contribution in [0.4, 0.5) is 5.82 Å². The van der Waals surface area contributed by atoms with Gasteiger partial charge in [0.1, 0.15) is 5.82 Å². The Hall–Kier alpha value is -1.97. The molecule has 0 amide bonds. The fourth-order valence-corrected chi connectivity index (χ4v) is 2.54. The maximum atomic E-state index is 5.89. The lowest BCUT2D eigenvalue weighted by atomic mass is 10.0. The molecule has 0 atom stereocenters. The van der Waals surface area contributed by atoms with E-state index >= 15 is 0 Å². The molecule has 2 aromatic rings. The highest BCUT2D eigenvalue weighted by Gasteiger charge is 2.19. The van der Waals surface area contributed by atoms with E-state index < -0.39 is 0 Å². The van der Waals surface area contributed by atoms with Crippen molar-refractivity contribution in [3.05, 3.63) is 36.3 Å². The van der Waals surface area contributed by atoms with E-state index in [0.29, 0.717) is 17.6 Å². The Morgan fingerprint density at radius 1 is 1.17 bits per heavy atom. The monoisotopic (exact) mass is 240 g/mol. The standard InChI is InChI=1S/C14H16N4/c15-13-8-12(10-4-1-2-5-10)17-14(18-13)11-6-3-7-16-9-11/h3,6-10H,1-2,4-5H2,(H2,15,17,18). The van der Waals surface area contributed by atoms with Gasteiger partial charge in [-0.3, -0.25) is 4.98 Å². The molecule has 0 aromatic carbocycles. The lowest BCUT2D eigenvalue weighted by molar-refractivity contribution is 0.696. The summed E-state index contributed by atoms with van der Waals surface area (Å²) in [5, 5.41) is 0. The Bertz CT molecular complexity index is 533. The third kappa shape index (κ3) is 2.18. The molecule has 2 heterocycles. The minimum atomic E-state index is 0.547. The van der Waals surface area contributed by atoms with E-state index in [4.69, 9.17) is 5.73 Å². The van der Waals surface area contributed by atoms with Gasteiger partial charge >= 0.3 is 0 Å². The molecule has 0 radical (unpaired) electrons. The average molecular weight is 240 g/mol.